The number of aliphatic carboxylic acids is 3. The molecule has 0 aliphatic rings. The fraction of sp³-hybridized carbons (Fsp3) is 0.391. The summed E-state index contributed by atoms with van der Waals surface area (Å²) < 4.78 is 0. The van der Waals surface area contributed by atoms with Crippen molar-refractivity contribution >= 4 is 59.2 Å². The third-order valence-corrected chi connectivity index (χ3v) is 5.93. The first kappa shape index (κ1) is 30.1. The molecule has 1 aromatic carbocycles. The van der Waals surface area contributed by atoms with Crippen molar-refractivity contribution in [2.75, 3.05) is 5.75 Å². The molecule has 0 spiro atoms. The van der Waals surface area contributed by atoms with Crippen LogP contribution in [-0.4, -0.2) is 85.9 Å². The molecule has 2 aromatic rings. The van der Waals surface area contributed by atoms with Gasteiger partial charge in [-0.25, -0.2) is 4.79 Å². The first-order valence-electron chi connectivity index (χ1n) is 11.4. The van der Waals surface area contributed by atoms with Gasteiger partial charge in [-0.15, -0.1) is 0 Å². The van der Waals surface area contributed by atoms with E-state index < -0.39 is 72.6 Å². The molecule has 4 unspecified atom stereocenters. The van der Waals surface area contributed by atoms with E-state index in [1.165, 1.54) is 0 Å². The number of thiol groups is 1. The number of para-hydroxylation sites is 1. The molecule has 2 rings (SSSR count). The Hall–Kier alpha value is -4.11. The first-order valence-corrected chi connectivity index (χ1v) is 12.0. The Balaban J connectivity index is 2.19. The van der Waals surface area contributed by atoms with E-state index in [0.717, 1.165) is 10.9 Å². The number of carboxylic acids is 3. The number of nitrogens with one attached hydrogen (secondary N) is 4. The number of carbonyl (C=O) groups excluding carboxylic acids is 3. The predicted octanol–water partition coefficient (Wildman–Crippen LogP) is -1.15. The van der Waals surface area contributed by atoms with E-state index in [9.17, 15) is 39.0 Å². The van der Waals surface area contributed by atoms with E-state index in [1.807, 2.05) is 0 Å². The van der Waals surface area contributed by atoms with Gasteiger partial charge in [-0.3, -0.25) is 24.0 Å². The number of hydrogen-bond donors (Lipinski definition) is 9. The van der Waals surface area contributed by atoms with Crippen LogP contribution in [0.15, 0.2) is 30.5 Å². The maximum Gasteiger partial charge on any atom is 0.326 e. The molecule has 3 amide bonds. The average molecular weight is 552 g/mol. The Bertz CT molecular complexity index is 1200. The van der Waals surface area contributed by atoms with E-state index >= 15 is 0 Å². The number of benzene rings is 1. The van der Waals surface area contributed by atoms with Crippen molar-refractivity contribution in [3.63, 3.8) is 0 Å². The van der Waals surface area contributed by atoms with Gasteiger partial charge >= 0.3 is 17.9 Å². The van der Waals surface area contributed by atoms with Crippen molar-refractivity contribution in [2.45, 2.75) is 49.9 Å². The molecule has 0 aliphatic carbocycles. The SMILES string of the molecule is NC(CS)C(=O)NC(CCC(=O)O)C(=O)NC(CC(=O)O)C(=O)NC(Cc1c[nH]c2ccccc12)C(=O)O. The van der Waals surface area contributed by atoms with Gasteiger partial charge in [0.2, 0.25) is 17.7 Å². The predicted molar refractivity (Wildman–Crippen MR) is 136 cm³/mol. The molecule has 0 saturated heterocycles. The smallest absolute Gasteiger partial charge is 0.326 e. The van der Waals surface area contributed by atoms with Crippen LogP contribution >= 0.6 is 12.6 Å². The van der Waals surface area contributed by atoms with Crippen molar-refractivity contribution in [3.05, 3.63) is 36.0 Å². The lowest BCUT2D eigenvalue weighted by Gasteiger charge is -2.24. The highest BCUT2D eigenvalue weighted by molar-refractivity contribution is 7.80. The van der Waals surface area contributed by atoms with Crippen LogP contribution in [0.25, 0.3) is 10.9 Å². The molecule has 0 fully saturated rings. The highest BCUT2D eigenvalue weighted by atomic mass is 32.1. The zero-order valence-electron chi connectivity index (χ0n) is 20.0. The molecule has 1 aromatic heterocycles. The minimum atomic E-state index is -1.73. The number of hydrogen-bond acceptors (Lipinski definition) is 8. The largest absolute Gasteiger partial charge is 0.481 e. The van der Waals surface area contributed by atoms with Crippen molar-refractivity contribution in [1.29, 1.82) is 0 Å². The van der Waals surface area contributed by atoms with Crippen LogP contribution in [-0.2, 0) is 35.2 Å². The molecule has 0 bridgehead atoms. The van der Waals surface area contributed by atoms with Gasteiger partial charge < -0.3 is 42.0 Å². The summed E-state index contributed by atoms with van der Waals surface area (Å²) in [4.78, 5) is 75.2. The van der Waals surface area contributed by atoms with Crippen LogP contribution < -0.4 is 21.7 Å². The second-order valence-electron chi connectivity index (χ2n) is 8.40. The van der Waals surface area contributed by atoms with Crippen LogP contribution in [0.2, 0.25) is 0 Å². The molecule has 9 N–H and O–H groups in total. The van der Waals surface area contributed by atoms with Crippen molar-refractivity contribution in [1.82, 2.24) is 20.9 Å². The Labute approximate surface area is 221 Å². The lowest BCUT2D eigenvalue weighted by atomic mass is 10.0. The number of fused-ring (bicyclic) bond motifs is 1. The van der Waals surface area contributed by atoms with Crippen LogP contribution in [0.4, 0.5) is 0 Å². The highest BCUT2D eigenvalue weighted by Crippen LogP contribution is 2.19. The summed E-state index contributed by atoms with van der Waals surface area (Å²) in [6, 6.07) is 1.33. The minimum absolute atomic E-state index is 0.0733. The molecule has 0 aliphatic heterocycles. The van der Waals surface area contributed by atoms with Crippen LogP contribution in [0, 0.1) is 0 Å². The Morgan fingerprint density at radius 2 is 1.47 bits per heavy atom. The molecule has 15 heteroatoms. The summed E-state index contributed by atoms with van der Waals surface area (Å²) in [7, 11) is 0. The van der Waals surface area contributed by atoms with Crippen LogP contribution in [0.3, 0.4) is 0 Å². The molecule has 0 saturated carbocycles. The fourth-order valence-electron chi connectivity index (χ4n) is 3.55. The second-order valence-corrected chi connectivity index (χ2v) is 8.77. The molecule has 14 nitrogen and oxygen atoms in total. The van der Waals surface area contributed by atoms with Gasteiger partial charge in [-0.2, -0.15) is 12.6 Å². The van der Waals surface area contributed by atoms with Crippen LogP contribution in [0.1, 0.15) is 24.8 Å². The second kappa shape index (κ2) is 14.0. The van der Waals surface area contributed by atoms with Crippen molar-refractivity contribution < 1.29 is 44.1 Å². The quantitative estimate of drug-likeness (QED) is 0.120. The third-order valence-electron chi connectivity index (χ3n) is 5.54. The molecule has 4 atom stereocenters. The van der Waals surface area contributed by atoms with Gasteiger partial charge in [0.25, 0.3) is 0 Å². The van der Waals surface area contributed by atoms with Gasteiger partial charge in [0, 0.05) is 35.7 Å². The fourth-order valence-corrected chi connectivity index (χ4v) is 3.71. The number of nitrogens with two attached hydrogens (primary N) is 1. The van der Waals surface area contributed by atoms with Crippen molar-refractivity contribution in [3.8, 4) is 0 Å². The van der Waals surface area contributed by atoms with Crippen LogP contribution in [0.5, 0.6) is 0 Å². The Morgan fingerprint density at radius 1 is 0.868 bits per heavy atom. The maximum atomic E-state index is 12.9. The molecular weight excluding hydrogens is 522 g/mol. The molecule has 206 valence electrons. The van der Waals surface area contributed by atoms with Gasteiger partial charge in [-0.05, 0) is 18.1 Å². The molecule has 38 heavy (non-hydrogen) atoms. The zero-order valence-corrected chi connectivity index (χ0v) is 20.9. The van der Waals surface area contributed by atoms with E-state index in [4.69, 9.17) is 10.8 Å². The van der Waals surface area contributed by atoms with Gasteiger partial charge in [0.1, 0.15) is 18.1 Å². The number of aromatic amines is 1. The topological polar surface area (TPSA) is 241 Å². The average Bonchev–Trinajstić information content (AvgIpc) is 3.27. The number of carboxylic acid groups (broad SMARTS) is 3. The number of amides is 3. The normalized spacial score (nSPS) is 14.1. The summed E-state index contributed by atoms with van der Waals surface area (Å²) in [5.41, 5.74) is 6.91. The number of rotatable bonds is 15. The lowest BCUT2D eigenvalue weighted by molar-refractivity contribution is -0.143. The summed E-state index contributed by atoms with van der Waals surface area (Å²) >= 11 is 3.88. The van der Waals surface area contributed by atoms with E-state index in [-0.39, 0.29) is 18.6 Å². The third kappa shape index (κ3) is 8.77. The molecular formula is C23H29N5O9S. The van der Waals surface area contributed by atoms with E-state index in [1.54, 1.807) is 30.5 Å². The molecule has 1 heterocycles. The first-order chi connectivity index (χ1) is 17.9. The number of aromatic nitrogens is 1. The minimum Gasteiger partial charge on any atom is -0.481 e. The van der Waals surface area contributed by atoms with Gasteiger partial charge in [0.15, 0.2) is 0 Å². The highest BCUT2D eigenvalue weighted by Gasteiger charge is 2.32. The van der Waals surface area contributed by atoms with E-state index in [0.29, 0.717) is 5.56 Å². The summed E-state index contributed by atoms with van der Waals surface area (Å²) in [6.07, 6.45) is -0.374. The summed E-state index contributed by atoms with van der Waals surface area (Å²) in [6.45, 7) is 0. The summed E-state index contributed by atoms with van der Waals surface area (Å²) in [5.74, 6) is -7.16. The lowest BCUT2D eigenvalue weighted by Crippen LogP contribution is -2.57. The number of H-pyrrole nitrogens is 1. The monoisotopic (exact) mass is 551 g/mol. The Kier molecular flexibility index (Phi) is 11.1. The standard InChI is InChI=1S/C23H29N5O9S/c24-13(10-38)20(33)26-15(5-6-18(29)30)21(34)27-16(8-19(31)32)22(35)28-17(23(36)37)7-11-9-25-14-4-2-1-3-12(11)14/h1-4,9,13,15-17,25,38H,5-8,10,24H2,(H,26,33)(H,27,34)(H,28,35)(H,29,30)(H,31,32)(H,36,37). The number of carbonyl (C=O) groups is 6. The Morgan fingerprint density at radius 3 is 2.08 bits per heavy atom. The summed E-state index contributed by atoms with van der Waals surface area (Å²) in [5, 5.41) is 35.3. The van der Waals surface area contributed by atoms with E-state index in [2.05, 4.69) is 33.6 Å². The van der Waals surface area contributed by atoms with Gasteiger partial charge in [-0.1, -0.05) is 18.2 Å². The zero-order chi connectivity index (χ0) is 28.4. The maximum absolute atomic E-state index is 12.9. The van der Waals surface area contributed by atoms with Gasteiger partial charge in [0.05, 0.1) is 12.5 Å². The van der Waals surface area contributed by atoms with Crippen molar-refractivity contribution in [2.24, 2.45) is 5.73 Å². The molecule has 0 radical (unpaired) electrons.